The van der Waals surface area contributed by atoms with Crippen LogP contribution in [-0.2, 0) is 0 Å². The lowest BCUT2D eigenvalue weighted by molar-refractivity contribution is 0.0935. The molecule has 1 unspecified atom stereocenters. The fourth-order valence-corrected chi connectivity index (χ4v) is 2.34. The Hall–Kier alpha value is -1.13. The van der Waals surface area contributed by atoms with Gasteiger partial charge < -0.3 is 5.32 Å². The van der Waals surface area contributed by atoms with Crippen LogP contribution in [-0.4, -0.2) is 41.5 Å². The van der Waals surface area contributed by atoms with Crippen molar-refractivity contribution in [1.82, 2.24) is 15.2 Å². The number of aromatic nitrogens is 1. The zero-order chi connectivity index (χ0) is 13.0. The average Bonchev–Trinajstić information content (AvgIpc) is 2.89. The molecule has 0 spiro atoms. The Morgan fingerprint density at radius 3 is 2.89 bits per heavy atom. The van der Waals surface area contributed by atoms with Gasteiger partial charge in [-0.2, -0.15) is 0 Å². The predicted octanol–water partition coefficient (Wildman–Crippen LogP) is 1.95. The molecule has 0 aliphatic carbocycles. The summed E-state index contributed by atoms with van der Waals surface area (Å²) >= 11 is 5.76. The third-order valence-electron chi connectivity index (χ3n) is 3.27. The summed E-state index contributed by atoms with van der Waals surface area (Å²) in [6.07, 6.45) is 2.52. The molecular formula is C13H18ClN3O. The van der Waals surface area contributed by atoms with Crippen molar-refractivity contribution in [2.24, 2.45) is 0 Å². The van der Waals surface area contributed by atoms with Gasteiger partial charge in [0.1, 0.15) is 10.8 Å². The molecule has 2 rings (SSSR count). The average molecular weight is 268 g/mol. The number of likely N-dealkylation sites (tertiary alicyclic amines) is 1. The predicted molar refractivity (Wildman–Crippen MR) is 71.8 cm³/mol. The molecule has 18 heavy (non-hydrogen) atoms. The van der Waals surface area contributed by atoms with Gasteiger partial charge in [-0.25, -0.2) is 4.98 Å². The van der Waals surface area contributed by atoms with E-state index in [4.69, 9.17) is 11.6 Å². The third-order valence-corrected chi connectivity index (χ3v) is 3.48. The van der Waals surface area contributed by atoms with Gasteiger partial charge in [0.05, 0.1) is 0 Å². The lowest BCUT2D eigenvalue weighted by Crippen LogP contribution is -2.40. The third kappa shape index (κ3) is 3.43. The van der Waals surface area contributed by atoms with E-state index in [1.807, 2.05) is 0 Å². The van der Waals surface area contributed by atoms with Crippen molar-refractivity contribution in [2.45, 2.75) is 25.8 Å². The Morgan fingerprint density at radius 2 is 2.22 bits per heavy atom. The van der Waals surface area contributed by atoms with Crippen molar-refractivity contribution < 1.29 is 4.79 Å². The number of halogens is 1. The number of pyridine rings is 1. The van der Waals surface area contributed by atoms with Crippen LogP contribution in [0.1, 0.15) is 30.3 Å². The van der Waals surface area contributed by atoms with Crippen LogP contribution in [0.15, 0.2) is 18.2 Å². The number of carbonyl (C=O) groups excluding carboxylic acids is 1. The Morgan fingerprint density at radius 1 is 1.50 bits per heavy atom. The summed E-state index contributed by atoms with van der Waals surface area (Å²) in [6.45, 7) is 5.04. The van der Waals surface area contributed by atoms with Crippen LogP contribution >= 0.6 is 11.6 Å². The summed E-state index contributed by atoms with van der Waals surface area (Å²) < 4.78 is 0. The van der Waals surface area contributed by atoms with Gasteiger partial charge >= 0.3 is 0 Å². The first-order valence-corrected chi connectivity index (χ1v) is 6.69. The molecule has 1 aliphatic heterocycles. The zero-order valence-electron chi connectivity index (χ0n) is 10.5. The van der Waals surface area contributed by atoms with Crippen molar-refractivity contribution in [3.8, 4) is 0 Å². The van der Waals surface area contributed by atoms with Crippen LogP contribution < -0.4 is 5.32 Å². The number of carbonyl (C=O) groups is 1. The van der Waals surface area contributed by atoms with Gasteiger partial charge in [-0.05, 0) is 45.0 Å². The van der Waals surface area contributed by atoms with Gasteiger partial charge in [-0.15, -0.1) is 0 Å². The molecule has 0 saturated carbocycles. The molecule has 1 aromatic rings. The number of nitrogens with zero attached hydrogens (tertiary/aromatic N) is 2. The topological polar surface area (TPSA) is 45.2 Å². The smallest absolute Gasteiger partial charge is 0.269 e. The molecular weight excluding hydrogens is 250 g/mol. The highest BCUT2D eigenvalue weighted by Crippen LogP contribution is 2.11. The molecule has 2 heterocycles. The number of nitrogens with one attached hydrogen (secondary N) is 1. The summed E-state index contributed by atoms with van der Waals surface area (Å²) in [5.41, 5.74) is 0.371. The van der Waals surface area contributed by atoms with E-state index >= 15 is 0 Å². The van der Waals surface area contributed by atoms with E-state index in [-0.39, 0.29) is 5.91 Å². The van der Waals surface area contributed by atoms with Crippen LogP contribution in [0, 0.1) is 0 Å². The highest BCUT2D eigenvalue weighted by Gasteiger charge is 2.18. The molecule has 1 fully saturated rings. The molecule has 1 aromatic heterocycles. The van der Waals surface area contributed by atoms with E-state index in [1.54, 1.807) is 18.2 Å². The highest BCUT2D eigenvalue weighted by atomic mass is 35.5. The molecule has 98 valence electrons. The number of hydrogen-bond donors (Lipinski definition) is 1. The Bertz CT molecular complexity index is 418. The first-order valence-electron chi connectivity index (χ1n) is 6.31. The lowest BCUT2D eigenvalue weighted by atomic mass is 10.2. The molecule has 1 N–H and O–H groups in total. The second kappa shape index (κ2) is 6.16. The number of amides is 1. The fraction of sp³-hybridized carbons (Fsp3) is 0.538. The molecule has 0 bridgehead atoms. The van der Waals surface area contributed by atoms with E-state index in [0.29, 0.717) is 23.4 Å². The van der Waals surface area contributed by atoms with Crippen molar-refractivity contribution in [3.05, 3.63) is 29.0 Å². The minimum atomic E-state index is -0.163. The first kappa shape index (κ1) is 13.3. The molecule has 5 heteroatoms. The minimum Gasteiger partial charge on any atom is -0.349 e. The highest BCUT2D eigenvalue weighted by molar-refractivity contribution is 6.29. The number of rotatable bonds is 4. The Kier molecular flexibility index (Phi) is 4.55. The molecule has 4 nitrogen and oxygen atoms in total. The fourth-order valence-electron chi connectivity index (χ4n) is 2.18. The van der Waals surface area contributed by atoms with Gasteiger partial charge in [0, 0.05) is 12.6 Å². The molecule has 1 aliphatic rings. The van der Waals surface area contributed by atoms with Crippen LogP contribution in [0.5, 0.6) is 0 Å². The van der Waals surface area contributed by atoms with Gasteiger partial charge in [-0.3, -0.25) is 9.69 Å². The maximum Gasteiger partial charge on any atom is 0.269 e. The molecule has 0 radical (unpaired) electrons. The standard InChI is InChI=1S/C13H18ClN3O/c1-10(17-7-2-3-8-17)9-15-13(18)11-5-4-6-12(14)16-11/h4-6,10H,2-3,7-9H2,1H3,(H,15,18). The van der Waals surface area contributed by atoms with Crippen LogP contribution in [0.4, 0.5) is 0 Å². The molecule has 0 aromatic carbocycles. The summed E-state index contributed by atoms with van der Waals surface area (Å²) in [4.78, 5) is 18.2. The summed E-state index contributed by atoms with van der Waals surface area (Å²) in [7, 11) is 0. The second-order valence-corrected chi connectivity index (χ2v) is 5.03. The van der Waals surface area contributed by atoms with Crippen molar-refractivity contribution in [1.29, 1.82) is 0 Å². The number of hydrogen-bond acceptors (Lipinski definition) is 3. The van der Waals surface area contributed by atoms with E-state index in [0.717, 1.165) is 13.1 Å². The van der Waals surface area contributed by atoms with Gasteiger partial charge in [0.15, 0.2) is 0 Å². The van der Waals surface area contributed by atoms with Crippen LogP contribution in [0.2, 0.25) is 5.15 Å². The summed E-state index contributed by atoms with van der Waals surface area (Å²) in [6, 6.07) is 5.43. The van der Waals surface area contributed by atoms with E-state index in [9.17, 15) is 4.79 Å². The lowest BCUT2D eigenvalue weighted by Gasteiger charge is -2.23. The van der Waals surface area contributed by atoms with E-state index < -0.39 is 0 Å². The van der Waals surface area contributed by atoms with Crippen molar-refractivity contribution in [2.75, 3.05) is 19.6 Å². The molecule has 1 atom stereocenters. The zero-order valence-corrected chi connectivity index (χ0v) is 11.3. The molecule has 1 saturated heterocycles. The normalized spacial score (nSPS) is 17.7. The second-order valence-electron chi connectivity index (χ2n) is 4.65. The van der Waals surface area contributed by atoms with Crippen molar-refractivity contribution >= 4 is 17.5 Å². The largest absolute Gasteiger partial charge is 0.349 e. The van der Waals surface area contributed by atoms with Crippen LogP contribution in [0.3, 0.4) is 0 Å². The SMILES string of the molecule is CC(CNC(=O)c1cccc(Cl)n1)N1CCCC1. The minimum absolute atomic E-state index is 0.163. The Labute approximate surface area is 112 Å². The maximum atomic E-state index is 11.9. The Balaban J connectivity index is 1.84. The summed E-state index contributed by atoms with van der Waals surface area (Å²) in [5, 5.41) is 3.24. The maximum absolute atomic E-state index is 11.9. The van der Waals surface area contributed by atoms with Crippen molar-refractivity contribution in [3.63, 3.8) is 0 Å². The van der Waals surface area contributed by atoms with Gasteiger partial charge in [-0.1, -0.05) is 17.7 Å². The van der Waals surface area contributed by atoms with E-state index in [2.05, 4.69) is 22.1 Å². The summed E-state index contributed by atoms with van der Waals surface area (Å²) in [5.74, 6) is -0.163. The quantitative estimate of drug-likeness (QED) is 0.848. The van der Waals surface area contributed by atoms with Gasteiger partial charge in [0.2, 0.25) is 0 Å². The van der Waals surface area contributed by atoms with E-state index in [1.165, 1.54) is 12.8 Å². The first-order chi connectivity index (χ1) is 8.66. The van der Waals surface area contributed by atoms with Crippen LogP contribution in [0.25, 0.3) is 0 Å². The monoisotopic (exact) mass is 267 g/mol. The molecule has 1 amide bonds. The van der Waals surface area contributed by atoms with Gasteiger partial charge in [0.25, 0.3) is 5.91 Å².